The van der Waals surface area contributed by atoms with E-state index < -0.39 is 11.7 Å². The quantitative estimate of drug-likeness (QED) is 0.561. The van der Waals surface area contributed by atoms with E-state index in [9.17, 15) is 9.90 Å². The van der Waals surface area contributed by atoms with Crippen LogP contribution in [0.5, 0.6) is 0 Å². The van der Waals surface area contributed by atoms with Gasteiger partial charge in [-0.25, -0.2) is 0 Å². The molecular formula is C22H34O5. The summed E-state index contributed by atoms with van der Waals surface area (Å²) in [5.41, 5.74) is 0.536. The molecule has 0 aromatic rings. The monoisotopic (exact) mass is 378 g/mol. The number of aliphatic hydroxyl groups excluding tert-OH is 1. The number of fused-ring (bicyclic) bond motifs is 2. The van der Waals surface area contributed by atoms with E-state index in [2.05, 4.69) is 26.8 Å². The van der Waals surface area contributed by atoms with Crippen LogP contribution in [0.3, 0.4) is 0 Å². The zero-order valence-corrected chi connectivity index (χ0v) is 17.2. The molecule has 5 nitrogen and oxygen atoms in total. The molecule has 0 radical (unpaired) electrons. The fourth-order valence-electron chi connectivity index (χ4n) is 6.25. The molecular weight excluding hydrogens is 344 g/mol. The van der Waals surface area contributed by atoms with Crippen LogP contribution < -0.4 is 0 Å². The van der Waals surface area contributed by atoms with E-state index in [-0.39, 0.29) is 30.2 Å². The molecule has 3 aliphatic heterocycles. The van der Waals surface area contributed by atoms with Gasteiger partial charge in [-0.15, -0.1) is 0 Å². The van der Waals surface area contributed by atoms with Crippen LogP contribution in [0.15, 0.2) is 11.6 Å². The average Bonchev–Trinajstić information content (AvgIpc) is 2.95. The summed E-state index contributed by atoms with van der Waals surface area (Å²) in [4.78, 5) is 11.9. The highest BCUT2D eigenvalue weighted by molar-refractivity contribution is 5.66. The third kappa shape index (κ3) is 3.16. The first-order chi connectivity index (χ1) is 12.7. The zero-order valence-electron chi connectivity index (χ0n) is 17.2. The van der Waals surface area contributed by atoms with E-state index in [1.807, 2.05) is 6.92 Å². The van der Waals surface area contributed by atoms with E-state index in [0.717, 1.165) is 25.0 Å². The van der Waals surface area contributed by atoms with E-state index in [0.29, 0.717) is 30.1 Å². The average molecular weight is 379 g/mol. The molecule has 1 N–H and O–H groups in total. The van der Waals surface area contributed by atoms with Crippen molar-refractivity contribution in [2.45, 2.75) is 83.9 Å². The Bertz CT molecular complexity index is 630. The maximum Gasteiger partial charge on any atom is 0.302 e. The second kappa shape index (κ2) is 6.85. The highest BCUT2D eigenvalue weighted by Crippen LogP contribution is 2.57. The van der Waals surface area contributed by atoms with Gasteiger partial charge in [-0.2, -0.15) is 0 Å². The molecule has 3 fully saturated rings. The minimum atomic E-state index is -0.475. The van der Waals surface area contributed by atoms with Crippen LogP contribution in [0.1, 0.15) is 53.9 Å². The first kappa shape index (κ1) is 19.4. The fourth-order valence-corrected chi connectivity index (χ4v) is 6.25. The Balaban J connectivity index is 1.82. The van der Waals surface area contributed by atoms with Crippen molar-refractivity contribution in [3.05, 3.63) is 11.6 Å². The SMILES string of the molecule is CC(=O)O[C@H]1[C@@H]2[C@@H]3[C@@H](C[C@H]1C)[C@H](C)CO[C@@]1(C)CC[C@@H](O)/C(C)=C/[C@H]2O[C@@H]31. The van der Waals surface area contributed by atoms with E-state index in [1.54, 1.807) is 0 Å². The molecule has 1 saturated carbocycles. The topological polar surface area (TPSA) is 65.0 Å². The first-order valence-corrected chi connectivity index (χ1v) is 10.5. The molecule has 27 heavy (non-hydrogen) atoms. The van der Waals surface area contributed by atoms with Gasteiger partial charge in [0.25, 0.3) is 0 Å². The van der Waals surface area contributed by atoms with Crippen LogP contribution in [0.25, 0.3) is 0 Å². The predicted molar refractivity (Wildman–Crippen MR) is 101 cm³/mol. The number of carbonyl (C=O) groups excluding carboxylic acids is 1. The number of hydrogen-bond acceptors (Lipinski definition) is 5. The summed E-state index contributed by atoms with van der Waals surface area (Å²) >= 11 is 0. The van der Waals surface area contributed by atoms with Gasteiger partial charge in [0.15, 0.2) is 0 Å². The Hall–Kier alpha value is -0.910. The van der Waals surface area contributed by atoms with Gasteiger partial charge in [-0.1, -0.05) is 19.9 Å². The molecule has 4 rings (SSSR count). The molecule has 5 heteroatoms. The van der Waals surface area contributed by atoms with Crippen LogP contribution in [-0.2, 0) is 19.0 Å². The first-order valence-electron chi connectivity index (χ1n) is 10.5. The minimum Gasteiger partial charge on any atom is -0.462 e. The Labute approximate surface area is 162 Å². The van der Waals surface area contributed by atoms with Crippen molar-refractivity contribution in [2.75, 3.05) is 6.61 Å². The standard InChI is InChI=1S/C22H34O5/c1-11-9-17-19-18-15(8-12(2)20(19)26-14(4)23)13(3)10-25-22(5,21(18)27-17)7-6-16(11)24/h9,12-13,15-21,24H,6-8,10H2,1-5H3/b11-9+/t12-,13-,15+,16-,17-,18+,19+,20-,21+,22+/m1/s1. The number of esters is 1. The lowest BCUT2D eigenvalue weighted by molar-refractivity contribution is -0.159. The molecule has 0 aromatic carbocycles. The smallest absolute Gasteiger partial charge is 0.302 e. The summed E-state index contributed by atoms with van der Waals surface area (Å²) in [5, 5.41) is 10.6. The summed E-state index contributed by atoms with van der Waals surface area (Å²) in [6, 6.07) is 0. The third-order valence-corrected chi connectivity index (χ3v) is 7.73. The van der Waals surface area contributed by atoms with Crippen molar-refractivity contribution in [1.82, 2.24) is 0 Å². The van der Waals surface area contributed by atoms with Crippen molar-refractivity contribution in [3.8, 4) is 0 Å². The molecule has 3 heterocycles. The number of hydrogen-bond donors (Lipinski definition) is 1. The molecule has 4 aliphatic rings. The van der Waals surface area contributed by atoms with Gasteiger partial charge in [-0.05, 0) is 56.4 Å². The van der Waals surface area contributed by atoms with Crippen LogP contribution in [0.4, 0.5) is 0 Å². The number of aliphatic hydroxyl groups is 1. The van der Waals surface area contributed by atoms with Gasteiger partial charge in [0.05, 0.1) is 30.5 Å². The lowest BCUT2D eigenvalue weighted by atomic mass is 9.59. The highest BCUT2D eigenvalue weighted by Gasteiger charge is 2.62. The van der Waals surface area contributed by atoms with Gasteiger partial charge < -0.3 is 19.3 Å². The Kier molecular flexibility index (Phi) is 4.93. The maximum absolute atomic E-state index is 11.9. The minimum absolute atomic E-state index is 0.0256. The van der Waals surface area contributed by atoms with Crippen molar-refractivity contribution in [2.24, 2.45) is 29.6 Å². The molecule has 1 aliphatic carbocycles. The van der Waals surface area contributed by atoms with Gasteiger partial charge in [-0.3, -0.25) is 4.79 Å². The predicted octanol–water partition coefficient (Wildman–Crippen LogP) is 3.10. The molecule has 2 saturated heterocycles. The zero-order chi connectivity index (χ0) is 19.5. The van der Waals surface area contributed by atoms with Crippen molar-refractivity contribution < 1.29 is 24.1 Å². The second-order valence-corrected chi connectivity index (χ2v) is 9.69. The van der Waals surface area contributed by atoms with Crippen molar-refractivity contribution in [3.63, 3.8) is 0 Å². The normalized spacial score (nSPS) is 54.0. The Morgan fingerprint density at radius 2 is 2.04 bits per heavy atom. The fraction of sp³-hybridized carbons (Fsp3) is 0.864. The van der Waals surface area contributed by atoms with Gasteiger partial charge >= 0.3 is 5.97 Å². The number of rotatable bonds is 1. The summed E-state index contributed by atoms with van der Waals surface area (Å²) < 4.78 is 19.0. The number of carbonyl (C=O) groups is 1. The number of ether oxygens (including phenoxy) is 3. The van der Waals surface area contributed by atoms with Crippen LogP contribution >= 0.6 is 0 Å². The second-order valence-electron chi connectivity index (χ2n) is 9.69. The summed E-state index contributed by atoms with van der Waals surface area (Å²) in [5.74, 6) is 1.46. The summed E-state index contributed by atoms with van der Waals surface area (Å²) in [6.07, 6.45) is 3.80. The summed E-state index contributed by atoms with van der Waals surface area (Å²) in [6.45, 7) is 10.8. The van der Waals surface area contributed by atoms with E-state index in [4.69, 9.17) is 14.2 Å². The van der Waals surface area contributed by atoms with Crippen molar-refractivity contribution in [1.29, 1.82) is 0 Å². The van der Waals surface area contributed by atoms with Crippen LogP contribution in [-0.4, -0.2) is 47.7 Å². The Morgan fingerprint density at radius 1 is 1.30 bits per heavy atom. The van der Waals surface area contributed by atoms with Crippen LogP contribution in [0.2, 0.25) is 0 Å². The van der Waals surface area contributed by atoms with Gasteiger partial charge in [0.1, 0.15) is 6.10 Å². The van der Waals surface area contributed by atoms with Crippen LogP contribution in [0, 0.1) is 29.6 Å². The van der Waals surface area contributed by atoms with Crippen molar-refractivity contribution >= 4 is 5.97 Å². The van der Waals surface area contributed by atoms with Gasteiger partial charge in [0.2, 0.25) is 0 Å². The molecule has 10 atom stereocenters. The summed E-state index contributed by atoms with van der Waals surface area (Å²) in [7, 11) is 0. The molecule has 2 bridgehead atoms. The molecule has 0 unspecified atom stereocenters. The molecule has 152 valence electrons. The van der Waals surface area contributed by atoms with E-state index >= 15 is 0 Å². The highest BCUT2D eigenvalue weighted by atomic mass is 16.6. The maximum atomic E-state index is 11.9. The molecule has 0 amide bonds. The lowest BCUT2D eigenvalue weighted by Gasteiger charge is -2.46. The molecule has 0 spiro atoms. The molecule has 0 aromatic heterocycles. The lowest BCUT2D eigenvalue weighted by Crippen LogP contribution is -2.52. The van der Waals surface area contributed by atoms with E-state index in [1.165, 1.54) is 6.92 Å². The largest absolute Gasteiger partial charge is 0.462 e. The third-order valence-electron chi connectivity index (χ3n) is 7.73. The van der Waals surface area contributed by atoms with Gasteiger partial charge in [0, 0.05) is 18.8 Å². The Morgan fingerprint density at radius 3 is 2.74 bits per heavy atom.